The maximum Gasteiger partial charge on any atom is 0.164 e. The summed E-state index contributed by atoms with van der Waals surface area (Å²) in [6.45, 7) is 4.80. The standard InChI is InChI=1S/C53H35N5/c1-53(2)44-27-26-41-43-31-54-29-28-45(43)58(49(41)47(44)42-25-24-40-38-22-10-9-20-36(38)37-21-11-12-23-39(37)46(40)48(42)53)35-19-13-18-34(30-35)52-56-50(32-14-5-3-6-15-32)55-51(57-52)33-16-7-4-8-17-33/h3-31H,1-2H3. The molecule has 12 rings (SSSR count). The quantitative estimate of drug-likeness (QED) is 0.169. The first-order valence-corrected chi connectivity index (χ1v) is 19.8. The van der Waals surface area contributed by atoms with Gasteiger partial charge in [0, 0.05) is 56.5 Å². The van der Waals surface area contributed by atoms with E-state index in [0.29, 0.717) is 17.5 Å². The fourth-order valence-corrected chi connectivity index (χ4v) is 9.72. The van der Waals surface area contributed by atoms with Crippen molar-refractivity contribution >= 4 is 54.1 Å². The molecule has 0 aliphatic heterocycles. The van der Waals surface area contributed by atoms with Gasteiger partial charge in [-0.05, 0) is 67.2 Å². The lowest BCUT2D eigenvalue weighted by Crippen LogP contribution is -2.15. The zero-order valence-corrected chi connectivity index (χ0v) is 32.0. The lowest BCUT2D eigenvalue weighted by atomic mass is 9.78. The Labute approximate surface area is 335 Å². The third kappa shape index (κ3) is 4.64. The maximum absolute atomic E-state index is 5.09. The van der Waals surface area contributed by atoms with Gasteiger partial charge in [0.05, 0.1) is 11.0 Å². The van der Waals surface area contributed by atoms with Crippen LogP contribution in [0.4, 0.5) is 0 Å². The summed E-state index contributed by atoms with van der Waals surface area (Å²) in [6, 6.07) is 58.2. The molecule has 5 heteroatoms. The maximum atomic E-state index is 5.09. The second-order valence-corrected chi connectivity index (χ2v) is 15.8. The Kier molecular flexibility index (Phi) is 6.91. The van der Waals surface area contributed by atoms with E-state index in [1.54, 1.807) is 0 Å². The van der Waals surface area contributed by atoms with Crippen molar-refractivity contribution in [1.29, 1.82) is 0 Å². The molecule has 0 bridgehead atoms. The van der Waals surface area contributed by atoms with E-state index < -0.39 is 0 Å². The molecule has 0 unspecified atom stereocenters. The highest BCUT2D eigenvalue weighted by Gasteiger charge is 2.40. The lowest BCUT2D eigenvalue weighted by Gasteiger charge is -2.24. The van der Waals surface area contributed by atoms with Gasteiger partial charge < -0.3 is 4.57 Å². The number of pyridine rings is 1. The number of hydrogen-bond donors (Lipinski definition) is 0. The van der Waals surface area contributed by atoms with E-state index in [-0.39, 0.29) is 5.41 Å². The summed E-state index contributed by atoms with van der Waals surface area (Å²) < 4.78 is 2.43. The summed E-state index contributed by atoms with van der Waals surface area (Å²) in [7, 11) is 0. The van der Waals surface area contributed by atoms with Gasteiger partial charge in [-0.15, -0.1) is 0 Å². The Bertz CT molecular complexity index is 3380. The first-order valence-electron chi connectivity index (χ1n) is 19.8. The largest absolute Gasteiger partial charge is 0.308 e. The molecular formula is C53H35N5. The minimum absolute atomic E-state index is 0.266. The molecule has 58 heavy (non-hydrogen) atoms. The number of rotatable bonds is 4. The molecule has 272 valence electrons. The fraction of sp³-hybridized carbons (Fsp3) is 0.0566. The monoisotopic (exact) mass is 741 g/mol. The van der Waals surface area contributed by atoms with E-state index in [2.05, 4.69) is 127 Å². The van der Waals surface area contributed by atoms with Gasteiger partial charge in [0.15, 0.2) is 17.5 Å². The first kappa shape index (κ1) is 32.7. The Morgan fingerprint density at radius 1 is 0.466 bits per heavy atom. The second kappa shape index (κ2) is 12.2. The van der Waals surface area contributed by atoms with Crippen LogP contribution in [-0.2, 0) is 5.41 Å². The molecule has 0 saturated heterocycles. The van der Waals surface area contributed by atoms with Crippen molar-refractivity contribution in [3.05, 3.63) is 187 Å². The molecule has 8 aromatic carbocycles. The van der Waals surface area contributed by atoms with Crippen molar-refractivity contribution in [3.8, 4) is 51.0 Å². The van der Waals surface area contributed by atoms with Crippen molar-refractivity contribution in [3.63, 3.8) is 0 Å². The van der Waals surface area contributed by atoms with Gasteiger partial charge >= 0.3 is 0 Å². The number of hydrogen-bond acceptors (Lipinski definition) is 4. The van der Waals surface area contributed by atoms with E-state index in [0.717, 1.165) is 33.3 Å². The number of aromatic nitrogens is 5. The predicted molar refractivity (Wildman–Crippen MR) is 238 cm³/mol. The molecule has 3 heterocycles. The normalized spacial score (nSPS) is 13.1. The van der Waals surface area contributed by atoms with Crippen LogP contribution in [0.25, 0.3) is 105 Å². The van der Waals surface area contributed by atoms with Crippen LogP contribution in [0.3, 0.4) is 0 Å². The van der Waals surface area contributed by atoms with Gasteiger partial charge in [0.2, 0.25) is 0 Å². The van der Waals surface area contributed by atoms with Gasteiger partial charge in [-0.25, -0.2) is 15.0 Å². The van der Waals surface area contributed by atoms with Crippen LogP contribution in [0.5, 0.6) is 0 Å². The zero-order valence-electron chi connectivity index (χ0n) is 32.0. The molecule has 11 aromatic rings. The summed E-state index contributed by atoms with van der Waals surface area (Å²) in [5.74, 6) is 1.91. The number of fused-ring (bicyclic) bond motifs is 14. The minimum atomic E-state index is -0.266. The molecule has 1 aliphatic rings. The second-order valence-electron chi connectivity index (χ2n) is 15.8. The molecule has 0 atom stereocenters. The number of benzene rings is 8. The minimum Gasteiger partial charge on any atom is -0.308 e. The molecule has 0 fully saturated rings. The summed E-state index contributed by atoms with van der Waals surface area (Å²) in [5.41, 5.74) is 11.1. The molecule has 0 amide bonds. The fourth-order valence-electron chi connectivity index (χ4n) is 9.72. The Balaban J connectivity index is 1.14. The average molecular weight is 742 g/mol. The van der Waals surface area contributed by atoms with Crippen LogP contribution < -0.4 is 0 Å². The zero-order chi connectivity index (χ0) is 38.5. The van der Waals surface area contributed by atoms with Crippen molar-refractivity contribution in [1.82, 2.24) is 24.5 Å². The van der Waals surface area contributed by atoms with Crippen LogP contribution >= 0.6 is 0 Å². The molecule has 0 N–H and O–H groups in total. The summed E-state index contributed by atoms with van der Waals surface area (Å²) >= 11 is 0. The molecular weight excluding hydrogens is 707 g/mol. The van der Waals surface area contributed by atoms with Crippen LogP contribution in [0.15, 0.2) is 176 Å². The first-order chi connectivity index (χ1) is 28.5. The average Bonchev–Trinajstić information content (AvgIpc) is 3.75. The number of nitrogens with zero attached hydrogens (tertiary/aromatic N) is 5. The summed E-state index contributed by atoms with van der Waals surface area (Å²) in [6.07, 6.45) is 3.91. The molecule has 0 radical (unpaired) electrons. The van der Waals surface area contributed by atoms with Gasteiger partial charge in [0.1, 0.15) is 0 Å². The molecule has 5 nitrogen and oxygen atoms in total. The highest BCUT2D eigenvalue weighted by molar-refractivity contribution is 6.28. The highest BCUT2D eigenvalue weighted by atomic mass is 15.0. The summed E-state index contributed by atoms with van der Waals surface area (Å²) in [4.78, 5) is 19.8. The van der Waals surface area contributed by atoms with E-state index >= 15 is 0 Å². The predicted octanol–water partition coefficient (Wildman–Crippen LogP) is 13.1. The molecule has 0 saturated carbocycles. The highest BCUT2D eigenvalue weighted by Crippen LogP contribution is 2.56. The Morgan fingerprint density at radius 2 is 1.02 bits per heavy atom. The van der Waals surface area contributed by atoms with Crippen molar-refractivity contribution in [2.24, 2.45) is 0 Å². The van der Waals surface area contributed by atoms with Gasteiger partial charge in [-0.3, -0.25) is 4.98 Å². The Hall–Kier alpha value is -7.50. The molecule has 0 spiro atoms. The SMILES string of the molecule is CC1(C)c2ccc3c4cnccc4n(-c4cccc(-c5nc(-c6ccccc6)nc(-c6ccccc6)n5)c4)c3c2-c2ccc3c4ccccc4c4ccccc4c3c21. The van der Waals surface area contributed by atoms with Crippen LogP contribution in [0.2, 0.25) is 0 Å². The Morgan fingerprint density at radius 3 is 1.69 bits per heavy atom. The third-order valence-electron chi connectivity index (χ3n) is 12.3. The smallest absolute Gasteiger partial charge is 0.164 e. The lowest BCUT2D eigenvalue weighted by molar-refractivity contribution is 0.667. The van der Waals surface area contributed by atoms with Gasteiger partial charge in [0.25, 0.3) is 0 Å². The van der Waals surface area contributed by atoms with Crippen LogP contribution in [0, 0.1) is 0 Å². The van der Waals surface area contributed by atoms with Crippen molar-refractivity contribution in [2.45, 2.75) is 19.3 Å². The van der Waals surface area contributed by atoms with Crippen molar-refractivity contribution < 1.29 is 0 Å². The van der Waals surface area contributed by atoms with Crippen molar-refractivity contribution in [2.75, 3.05) is 0 Å². The van der Waals surface area contributed by atoms with E-state index in [4.69, 9.17) is 15.0 Å². The van der Waals surface area contributed by atoms with Crippen LogP contribution in [-0.4, -0.2) is 24.5 Å². The topological polar surface area (TPSA) is 56.5 Å². The van der Waals surface area contributed by atoms with Crippen LogP contribution in [0.1, 0.15) is 25.0 Å². The van der Waals surface area contributed by atoms with E-state index in [1.165, 1.54) is 65.5 Å². The van der Waals surface area contributed by atoms with Gasteiger partial charge in [-0.2, -0.15) is 0 Å². The van der Waals surface area contributed by atoms with Gasteiger partial charge in [-0.1, -0.05) is 159 Å². The molecule has 3 aromatic heterocycles. The summed E-state index contributed by atoms with van der Waals surface area (Å²) in [5, 5.41) is 10.1. The third-order valence-corrected chi connectivity index (χ3v) is 12.3. The van der Waals surface area contributed by atoms with E-state index in [1.807, 2.05) is 73.1 Å². The molecule has 1 aliphatic carbocycles. The van der Waals surface area contributed by atoms with E-state index in [9.17, 15) is 0 Å².